The molecule has 2 heterocycles. The number of benzene rings is 2. The molecule has 42 heavy (non-hydrogen) atoms. The number of aromatic nitrogens is 1. The van der Waals surface area contributed by atoms with Gasteiger partial charge in [-0.3, -0.25) is 4.79 Å². The van der Waals surface area contributed by atoms with E-state index in [2.05, 4.69) is 57.0 Å². The first-order valence-corrected chi connectivity index (χ1v) is 14.1. The van der Waals surface area contributed by atoms with E-state index in [1.807, 2.05) is 24.3 Å². The number of carbonyl (C=O) groups excluding carboxylic acids is 1. The van der Waals surface area contributed by atoms with Crippen molar-refractivity contribution in [3.63, 3.8) is 0 Å². The molecule has 0 fully saturated rings. The van der Waals surface area contributed by atoms with Crippen LogP contribution in [0.3, 0.4) is 0 Å². The van der Waals surface area contributed by atoms with E-state index in [4.69, 9.17) is 30.2 Å². The number of nitrogens with zero attached hydrogens (tertiary/aromatic N) is 2. The standard InChI is InChI=1S/C30H29BrClN3O7/c1-5-39-25-14-20(26(31)27(32)28(25)41-19(4)30(37)38)15-33-34-29(36)24-13-12-23(42-24)16-40-22-10-8-21(9-11-22)35-17(2)6-7-18(35)3/h6-15,19H,5,16H2,1-4H3,(H,34,36)(H,37,38)/b33-15+/t19-/m1/s1. The third-order valence-corrected chi connectivity index (χ3v) is 7.54. The van der Waals surface area contributed by atoms with Crippen LogP contribution in [0.2, 0.25) is 5.02 Å². The van der Waals surface area contributed by atoms with Crippen LogP contribution in [0.4, 0.5) is 0 Å². The van der Waals surface area contributed by atoms with Crippen molar-refractivity contribution < 1.29 is 33.3 Å². The van der Waals surface area contributed by atoms with Gasteiger partial charge in [-0.05, 0) is 98.2 Å². The SMILES string of the molecule is CCOc1cc(/C=N/NC(=O)c2ccc(COc3ccc(-n4c(C)ccc4C)cc3)o2)c(Br)c(Cl)c1O[C@H](C)C(=O)O. The van der Waals surface area contributed by atoms with Gasteiger partial charge >= 0.3 is 11.9 Å². The van der Waals surface area contributed by atoms with Crippen molar-refractivity contribution in [2.45, 2.75) is 40.4 Å². The number of halogens is 2. The van der Waals surface area contributed by atoms with Crippen LogP contribution in [0.25, 0.3) is 5.69 Å². The Morgan fingerprint density at radius 3 is 2.45 bits per heavy atom. The third kappa shape index (κ3) is 7.15. The molecule has 0 radical (unpaired) electrons. The highest BCUT2D eigenvalue weighted by molar-refractivity contribution is 9.10. The summed E-state index contributed by atoms with van der Waals surface area (Å²) in [5.41, 5.74) is 6.20. The maximum absolute atomic E-state index is 12.6. The summed E-state index contributed by atoms with van der Waals surface area (Å²) in [6.45, 7) is 7.67. The van der Waals surface area contributed by atoms with Gasteiger partial charge in [0.2, 0.25) is 0 Å². The molecule has 0 unspecified atom stereocenters. The van der Waals surface area contributed by atoms with Gasteiger partial charge in [-0.2, -0.15) is 5.10 Å². The van der Waals surface area contributed by atoms with Crippen LogP contribution in [0.5, 0.6) is 17.2 Å². The molecular weight excluding hydrogens is 630 g/mol. The summed E-state index contributed by atoms with van der Waals surface area (Å²) in [4.78, 5) is 23.8. The minimum absolute atomic E-state index is 0.0539. The molecule has 0 saturated heterocycles. The number of carboxylic acid groups (broad SMARTS) is 1. The van der Waals surface area contributed by atoms with Crippen molar-refractivity contribution >= 4 is 45.6 Å². The van der Waals surface area contributed by atoms with Crippen LogP contribution in [0, 0.1) is 13.8 Å². The second-order valence-corrected chi connectivity index (χ2v) is 10.3. The van der Waals surface area contributed by atoms with Crippen molar-refractivity contribution in [1.82, 2.24) is 9.99 Å². The Kier molecular flexibility index (Phi) is 9.97. The van der Waals surface area contributed by atoms with E-state index in [0.717, 1.165) is 17.1 Å². The highest BCUT2D eigenvalue weighted by Crippen LogP contribution is 2.42. The summed E-state index contributed by atoms with van der Waals surface area (Å²) in [6, 6.07) is 16.6. The van der Waals surface area contributed by atoms with E-state index in [1.54, 1.807) is 19.1 Å². The van der Waals surface area contributed by atoms with Crippen molar-refractivity contribution in [2.75, 3.05) is 6.61 Å². The van der Waals surface area contributed by atoms with E-state index in [1.165, 1.54) is 19.2 Å². The number of carboxylic acids is 1. The number of hydrogen-bond acceptors (Lipinski definition) is 7. The molecule has 4 aromatic rings. The highest BCUT2D eigenvalue weighted by Gasteiger charge is 2.22. The Balaban J connectivity index is 1.37. The van der Waals surface area contributed by atoms with E-state index in [0.29, 0.717) is 21.5 Å². The fourth-order valence-corrected chi connectivity index (χ4v) is 4.66. The Morgan fingerprint density at radius 1 is 1.12 bits per heavy atom. The van der Waals surface area contributed by atoms with Crippen molar-refractivity contribution in [3.05, 3.63) is 92.6 Å². The lowest BCUT2D eigenvalue weighted by Gasteiger charge is -2.18. The molecule has 0 aliphatic rings. The first-order valence-electron chi connectivity index (χ1n) is 12.9. The zero-order chi connectivity index (χ0) is 30.4. The summed E-state index contributed by atoms with van der Waals surface area (Å²) in [7, 11) is 0. The largest absolute Gasteiger partial charge is 0.490 e. The van der Waals surface area contributed by atoms with Crippen LogP contribution in [0.15, 0.2) is 68.6 Å². The molecule has 0 aliphatic heterocycles. The molecule has 2 aromatic heterocycles. The fourth-order valence-electron chi connectivity index (χ4n) is 4.01. The van der Waals surface area contributed by atoms with Crippen LogP contribution in [0.1, 0.15) is 47.1 Å². The van der Waals surface area contributed by atoms with E-state index >= 15 is 0 Å². The summed E-state index contributed by atoms with van der Waals surface area (Å²) in [5.74, 6) is -0.233. The summed E-state index contributed by atoms with van der Waals surface area (Å²) >= 11 is 9.79. The number of ether oxygens (including phenoxy) is 3. The van der Waals surface area contributed by atoms with Gasteiger partial charge in [0.1, 0.15) is 23.1 Å². The number of carbonyl (C=O) groups is 2. The van der Waals surface area contributed by atoms with Crippen LogP contribution >= 0.6 is 27.5 Å². The molecule has 1 atom stereocenters. The number of nitrogens with one attached hydrogen (secondary N) is 1. The third-order valence-electron chi connectivity index (χ3n) is 6.10. The molecule has 220 valence electrons. The number of furan rings is 1. The molecule has 4 rings (SSSR count). The second-order valence-electron chi connectivity index (χ2n) is 9.15. The number of hydrazone groups is 1. The zero-order valence-electron chi connectivity index (χ0n) is 23.3. The first-order chi connectivity index (χ1) is 20.1. The van der Waals surface area contributed by atoms with Crippen LogP contribution < -0.4 is 19.6 Å². The van der Waals surface area contributed by atoms with Crippen LogP contribution in [-0.4, -0.2) is 40.5 Å². The van der Waals surface area contributed by atoms with E-state index < -0.39 is 18.0 Å². The lowest BCUT2D eigenvalue weighted by Crippen LogP contribution is -2.23. The average molecular weight is 659 g/mol. The number of hydrogen-bond donors (Lipinski definition) is 2. The Morgan fingerprint density at radius 2 is 1.81 bits per heavy atom. The van der Waals surface area contributed by atoms with Gasteiger partial charge < -0.3 is 28.3 Å². The van der Waals surface area contributed by atoms with Gasteiger partial charge in [0.25, 0.3) is 0 Å². The molecule has 0 aliphatic carbocycles. The van der Waals surface area contributed by atoms with Crippen molar-refractivity contribution in [1.29, 1.82) is 0 Å². The summed E-state index contributed by atoms with van der Waals surface area (Å²) in [6.07, 6.45) is 0.203. The van der Waals surface area contributed by atoms with E-state index in [9.17, 15) is 14.7 Å². The first kappa shape index (κ1) is 30.7. The van der Waals surface area contributed by atoms with Gasteiger partial charge in [-0.15, -0.1) is 0 Å². The van der Waals surface area contributed by atoms with Gasteiger partial charge in [0.15, 0.2) is 23.4 Å². The minimum Gasteiger partial charge on any atom is -0.490 e. The summed E-state index contributed by atoms with van der Waals surface area (Å²) in [5, 5.41) is 13.3. The number of rotatable bonds is 12. The van der Waals surface area contributed by atoms with Gasteiger partial charge in [-0.25, -0.2) is 10.2 Å². The monoisotopic (exact) mass is 657 g/mol. The molecule has 12 heteroatoms. The van der Waals surface area contributed by atoms with Crippen LogP contribution in [-0.2, 0) is 11.4 Å². The minimum atomic E-state index is -1.15. The molecule has 0 spiro atoms. The molecule has 2 N–H and O–H groups in total. The molecule has 1 amide bonds. The fraction of sp³-hybridized carbons (Fsp3) is 0.233. The number of aryl methyl sites for hydroxylation is 2. The smallest absolute Gasteiger partial charge is 0.344 e. The van der Waals surface area contributed by atoms with Gasteiger partial charge in [0, 0.05) is 27.1 Å². The molecular formula is C30H29BrClN3O7. The van der Waals surface area contributed by atoms with E-state index in [-0.39, 0.29) is 35.5 Å². The molecule has 2 aromatic carbocycles. The normalized spacial score (nSPS) is 11.9. The molecule has 0 saturated carbocycles. The Bertz CT molecular complexity index is 1590. The van der Waals surface area contributed by atoms with Gasteiger partial charge in [-0.1, -0.05) is 11.6 Å². The maximum atomic E-state index is 12.6. The predicted molar refractivity (Wildman–Crippen MR) is 161 cm³/mol. The zero-order valence-corrected chi connectivity index (χ0v) is 25.7. The molecule has 10 nitrogen and oxygen atoms in total. The lowest BCUT2D eigenvalue weighted by molar-refractivity contribution is -0.144. The predicted octanol–water partition coefficient (Wildman–Crippen LogP) is 6.70. The maximum Gasteiger partial charge on any atom is 0.344 e. The Hall–Kier alpha value is -4.22. The molecule has 0 bridgehead atoms. The van der Waals surface area contributed by atoms with Gasteiger partial charge in [0.05, 0.1) is 12.8 Å². The summed E-state index contributed by atoms with van der Waals surface area (Å²) < 4.78 is 25.0. The van der Waals surface area contributed by atoms with Crippen molar-refractivity contribution in [2.24, 2.45) is 5.10 Å². The topological polar surface area (TPSA) is 125 Å². The lowest BCUT2D eigenvalue weighted by atomic mass is 10.2. The number of aliphatic carboxylic acids is 1. The Labute approximate surface area is 256 Å². The number of amides is 1. The second kappa shape index (κ2) is 13.6. The van der Waals surface area contributed by atoms with Crippen molar-refractivity contribution in [3.8, 4) is 22.9 Å². The average Bonchev–Trinajstić information content (AvgIpc) is 3.58. The quantitative estimate of drug-likeness (QED) is 0.128. The highest BCUT2D eigenvalue weighted by atomic mass is 79.9.